The molecule has 2 aromatic heterocycles. The van der Waals surface area contributed by atoms with E-state index in [0.717, 1.165) is 31.9 Å². The molecular formula is C15H21N3S. The fourth-order valence-corrected chi connectivity index (χ4v) is 2.56. The second-order valence-corrected chi connectivity index (χ2v) is 5.59. The Kier molecular flexibility index (Phi) is 5.36. The van der Waals surface area contributed by atoms with E-state index in [-0.39, 0.29) is 0 Å². The number of rotatable bonds is 7. The van der Waals surface area contributed by atoms with Crippen molar-refractivity contribution >= 4 is 17.2 Å². The van der Waals surface area contributed by atoms with Crippen LogP contribution in [0.25, 0.3) is 0 Å². The molecule has 0 aliphatic carbocycles. The van der Waals surface area contributed by atoms with Crippen LogP contribution in [0.15, 0.2) is 35.8 Å². The number of aromatic nitrogens is 1. The minimum Gasteiger partial charge on any atom is -0.359 e. The number of pyridine rings is 1. The van der Waals surface area contributed by atoms with Gasteiger partial charge in [0, 0.05) is 31.2 Å². The van der Waals surface area contributed by atoms with Gasteiger partial charge in [0.25, 0.3) is 0 Å². The Bertz CT molecular complexity index is 465. The van der Waals surface area contributed by atoms with Crippen molar-refractivity contribution in [3.8, 4) is 0 Å². The molecule has 1 N–H and O–H groups in total. The van der Waals surface area contributed by atoms with Gasteiger partial charge in [-0.1, -0.05) is 19.1 Å². The standard InChI is InChI=1S/C15H21N3S/c1-3-16-11-13-6-7-15(17-12-13)18(2)9-8-14-5-4-10-19-14/h4-7,10,12,16H,3,8-9,11H2,1-2H3. The highest BCUT2D eigenvalue weighted by Gasteiger charge is 2.03. The van der Waals surface area contributed by atoms with Crippen LogP contribution in [-0.4, -0.2) is 25.1 Å². The molecule has 3 nitrogen and oxygen atoms in total. The lowest BCUT2D eigenvalue weighted by molar-refractivity contribution is 0.724. The summed E-state index contributed by atoms with van der Waals surface area (Å²) in [5, 5.41) is 5.43. The largest absolute Gasteiger partial charge is 0.359 e. The normalized spacial score (nSPS) is 10.6. The fraction of sp³-hybridized carbons (Fsp3) is 0.400. The predicted molar refractivity (Wildman–Crippen MR) is 82.9 cm³/mol. The van der Waals surface area contributed by atoms with Gasteiger partial charge >= 0.3 is 0 Å². The first kappa shape index (κ1) is 14.0. The van der Waals surface area contributed by atoms with E-state index in [4.69, 9.17) is 0 Å². The van der Waals surface area contributed by atoms with Gasteiger partial charge in [-0.25, -0.2) is 4.98 Å². The summed E-state index contributed by atoms with van der Waals surface area (Å²) in [6.07, 6.45) is 3.04. The Balaban J connectivity index is 1.86. The number of hydrogen-bond donors (Lipinski definition) is 1. The third-order valence-electron chi connectivity index (χ3n) is 3.05. The van der Waals surface area contributed by atoms with E-state index in [9.17, 15) is 0 Å². The number of thiophene rings is 1. The second kappa shape index (κ2) is 7.26. The monoisotopic (exact) mass is 275 g/mol. The Labute approximate surface area is 119 Å². The van der Waals surface area contributed by atoms with Gasteiger partial charge in [0.1, 0.15) is 5.82 Å². The van der Waals surface area contributed by atoms with Gasteiger partial charge < -0.3 is 10.2 Å². The molecule has 0 atom stereocenters. The van der Waals surface area contributed by atoms with E-state index in [1.807, 2.05) is 17.5 Å². The zero-order valence-electron chi connectivity index (χ0n) is 11.6. The molecule has 102 valence electrons. The lowest BCUT2D eigenvalue weighted by Gasteiger charge is -2.17. The second-order valence-electron chi connectivity index (χ2n) is 4.56. The van der Waals surface area contributed by atoms with Crippen LogP contribution in [-0.2, 0) is 13.0 Å². The van der Waals surface area contributed by atoms with E-state index in [1.54, 1.807) is 0 Å². The average molecular weight is 275 g/mol. The summed E-state index contributed by atoms with van der Waals surface area (Å²) in [5.74, 6) is 1.04. The average Bonchev–Trinajstić information content (AvgIpc) is 2.96. The van der Waals surface area contributed by atoms with Crippen molar-refractivity contribution in [2.75, 3.05) is 25.0 Å². The maximum absolute atomic E-state index is 4.52. The Morgan fingerprint density at radius 2 is 2.21 bits per heavy atom. The van der Waals surface area contributed by atoms with Crippen molar-refractivity contribution in [1.82, 2.24) is 10.3 Å². The van der Waals surface area contributed by atoms with Crippen molar-refractivity contribution in [3.63, 3.8) is 0 Å². The highest BCUT2D eigenvalue weighted by molar-refractivity contribution is 7.09. The van der Waals surface area contributed by atoms with Crippen LogP contribution in [0.1, 0.15) is 17.4 Å². The number of nitrogens with one attached hydrogen (secondary N) is 1. The smallest absolute Gasteiger partial charge is 0.128 e. The number of anilines is 1. The summed E-state index contributed by atoms with van der Waals surface area (Å²) in [5.41, 5.74) is 1.23. The topological polar surface area (TPSA) is 28.2 Å². The molecule has 2 rings (SSSR count). The Morgan fingerprint density at radius 3 is 2.84 bits per heavy atom. The molecule has 4 heteroatoms. The van der Waals surface area contributed by atoms with Gasteiger partial charge in [-0.05, 0) is 36.0 Å². The van der Waals surface area contributed by atoms with Gasteiger partial charge in [0.05, 0.1) is 0 Å². The molecule has 2 heterocycles. The van der Waals surface area contributed by atoms with Gasteiger partial charge in [-0.3, -0.25) is 0 Å². The minimum atomic E-state index is 0.892. The summed E-state index contributed by atoms with van der Waals surface area (Å²) in [7, 11) is 2.10. The Hall–Kier alpha value is -1.39. The molecule has 0 bridgehead atoms. The van der Waals surface area contributed by atoms with Gasteiger partial charge in [0.15, 0.2) is 0 Å². The SMILES string of the molecule is CCNCc1ccc(N(C)CCc2cccs2)nc1. The van der Waals surface area contributed by atoms with Crippen LogP contribution in [0.2, 0.25) is 0 Å². The molecule has 0 amide bonds. The molecule has 0 radical (unpaired) electrons. The van der Waals surface area contributed by atoms with Crippen LogP contribution < -0.4 is 10.2 Å². The van der Waals surface area contributed by atoms with Crippen LogP contribution in [0.3, 0.4) is 0 Å². The lowest BCUT2D eigenvalue weighted by atomic mass is 10.2. The van der Waals surface area contributed by atoms with Crippen molar-refractivity contribution < 1.29 is 0 Å². The molecule has 0 aromatic carbocycles. The quantitative estimate of drug-likeness (QED) is 0.842. The first-order valence-electron chi connectivity index (χ1n) is 6.68. The molecule has 0 spiro atoms. The zero-order valence-corrected chi connectivity index (χ0v) is 12.4. The van der Waals surface area contributed by atoms with Gasteiger partial charge in [-0.15, -0.1) is 11.3 Å². The van der Waals surface area contributed by atoms with Crippen LogP contribution >= 0.6 is 11.3 Å². The van der Waals surface area contributed by atoms with Gasteiger partial charge in [0.2, 0.25) is 0 Å². The van der Waals surface area contributed by atoms with E-state index in [0.29, 0.717) is 0 Å². The van der Waals surface area contributed by atoms with Crippen LogP contribution in [0.5, 0.6) is 0 Å². The number of nitrogens with zero attached hydrogens (tertiary/aromatic N) is 2. The molecule has 0 saturated heterocycles. The van der Waals surface area contributed by atoms with Crippen molar-refractivity contribution in [3.05, 3.63) is 46.3 Å². The summed E-state index contributed by atoms with van der Waals surface area (Å²) < 4.78 is 0. The molecule has 19 heavy (non-hydrogen) atoms. The fourth-order valence-electron chi connectivity index (χ4n) is 1.86. The molecule has 0 unspecified atom stereocenters. The predicted octanol–water partition coefficient (Wildman–Crippen LogP) is 2.93. The lowest BCUT2D eigenvalue weighted by Crippen LogP contribution is -2.21. The molecule has 0 aliphatic rings. The van der Waals surface area contributed by atoms with Gasteiger partial charge in [-0.2, -0.15) is 0 Å². The molecule has 2 aromatic rings. The third kappa shape index (κ3) is 4.33. The third-order valence-corrected chi connectivity index (χ3v) is 3.99. The Morgan fingerprint density at radius 1 is 1.32 bits per heavy atom. The van der Waals surface area contributed by atoms with Crippen molar-refractivity contribution in [1.29, 1.82) is 0 Å². The number of likely N-dealkylation sites (N-methyl/N-ethyl adjacent to an activating group) is 1. The van der Waals surface area contributed by atoms with E-state index < -0.39 is 0 Å². The summed E-state index contributed by atoms with van der Waals surface area (Å²) >= 11 is 1.82. The van der Waals surface area contributed by atoms with Crippen LogP contribution in [0, 0.1) is 0 Å². The summed E-state index contributed by atoms with van der Waals surface area (Å²) in [6, 6.07) is 8.53. The molecular weight excluding hydrogens is 254 g/mol. The number of hydrogen-bond acceptors (Lipinski definition) is 4. The molecule has 0 saturated carbocycles. The van der Waals surface area contributed by atoms with E-state index in [1.165, 1.54) is 10.4 Å². The molecule has 0 aliphatic heterocycles. The highest BCUT2D eigenvalue weighted by atomic mass is 32.1. The maximum atomic E-state index is 4.52. The highest BCUT2D eigenvalue weighted by Crippen LogP contribution is 2.13. The van der Waals surface area contributed by atoms with E-state index >= 15 is 0 Å². The van der Waals surface area contributed by atoms with Crippen molar-refractivity contribution in [2.45, 2.75) is 19.9 Å². The maximum Gasteiger partial charge on any atom is 0.128 e. The molecule has 0 fully saturated rings. The van der Waals surface area contributed by atoms with E-state index in [2.05, 4.69) is 58.8 Å². The first-order valence-corrected chi connectivity index (χ1v) is 7.56. The minimum absolute atomic E-state index is 0.892. The first-order chi connectivity index (χ1) is 9.29. The van der Waals surface area contributed by atoms with Crippen molar-refractivity contribution in [2.24, 2.45) is 0 Å². The summed E-state index contributed by atoms with van der Waals surface area (Å²) in [4.78, 5) is 8.15. The van der Waals surface area contributed by atoms with Crippen LogP contribution in [0.4, 0.5) is 5.82 Å². The zero-order chi connectivity index (χ0) is 13.5. The summed E-state index contributed by atoms with van der Waals surface area (Å²) in [6.45, 7) is 4.99.